The molecule has 1 saturated carbocycles. The van der Waals surface area contributed by atoms with E-state index in [0.717, 1.165) is 35.4 Å². The predicted octanol–water partition coefficient (Wildman–Crippen LogP) is 3.24. The second kappa shape index (κ2) is 8.53. The Kier molecular flexibility index (Phi) is 7.29. The van der Waals surface area contributed by atoms with Crippen molar-refractivity contribution in [2.24, 2.45) is 5.92 Å². The van der Waals surface area contributed by atoms with Gasteiger partial charge in [-0.1, -0.05) is 43.5 Å². The molecule has 3 rings (SSSR count). The largest absolute Gasteiger partial charge is 1.00 e. The zero-order valence-electron chi connectivity index (χ0n) is 13.2. The van der Waals surface area contributed by atoms with Gasteiger partial charge in [0.2, 0.25) is 0 Å². The van der Waals surface area contributed by atoms with Crippen molar-refractivity contribution >= 4 is 11.6 Å². The Bertz CT molecular complexity index is 619. The van der Waals surface area contributed by atoms with Gasteiger partial charge in [-0.3, -0.25) is 0 Å². The maximum absolute atomic E-state index is 14.7. The quantitative estimate of drug-likeness (QED) is 0.695. The van der Waals surface area contributed by atoms with E-state index in [2.05, 4.69) is 13.0 Å². The van der Waals surface area contributed by atoms with Gasteiger partial charge in [0.25, 0.3) is 0 Å². The molecule has 0 amide bonds. The summed E-state index contributed by atoms with van der Waals surface area (Å²) in [7, 11) is 0. The van der Waals surface area contributed by atoms with Crippen LogP contribution in [0.15, 0.2) is 36.4 Å². The van der Waals surface area contributed by atoms with E-state index in [4.69, 9.17) is 11.6 Å². The van der Waals surface area contributed by atoms with Crippen molar-refractivity contribution in [2.45, 2.75) is 38.5 Å². The van der Waals surface area contributed by atoms with Crippen LogP contribution in [0.1, 0.15) is 44.1 Å². The van der Waals surface area contributed by atoms with Gasteiger partial charge in [0, 0.05) is 0 Å². The van der Waals surface area contributed by atoms with E-state index in [-0.39, 0.29) is 69.0 Å². The fourth-order valence-corrected chi connectivity index (χ4v) is 3.52. The van der Waals surface area contributed by atoms with Gasteiger partial charge in [-0.25, -0.2) is 4.39 Å². The summed E-state index contributed by atoms with van der Waals surface area (Å²) in [4.78, 5) is 0. The van der Waals surface area contributed by atoms with Crippen LogP contribution >= 0.6 is 11.6 Å². The Morgan fingerprint density at radius 3 is 2.32 bits per heavy atom. The second-order valence-electron chi connectivity index (χ2n) is 6.08. The maximum Gasteiger partial charge on any atom is 1.00 e. The Hall–Kier alpha value is 0.465. The summed E-state index contributed by atoms with van der Waals surface area (Å²) in [6.45, 7) is 2.27. The van der Waals surface area contributed by atoms with Gasteiger partial charge in [0.15, 0.2) is 0 Å². The number of benzene rings is 2. The Balaban J connectivity index is 0.00000176. The maximum atomic E-state index is 14.7. The average Bonchev–Trinajstić information content (AvgIpc) is 2.52. The van der Waals surface area contributed by atoms with Crippen molar-refractivity contribution in [3.8, 4) is 11.1 Å². The van der Waals surface area contributed by atoms with Crippen LogP contribution in [0.3, 0.4) is 0 Å². The molecule has 0 atom stereocenters. The van der Waals surface area contributed by atoms with E-state index < -0.39 is 0 Å². The Labute approximate surface area is 186 Å². The minimum Gasteiger partial charge on any atom is -0.205 e. The summed E-state index contributed by atoms with van der Waals surface area (Å²) in [5.41, 5.74) is 2.48. The van der Waals surface area contributed by atoms with Gasteiger partial charge in [-0.2, -0.15) is 30.3 Å². The standard InChI is InChI=1S/C19H19ClF.Rb/c1-13-7-9-15(10-8-13)17-12-11-16(18(20)19(17)21)14-5-3-2-4-6-14;/h3-6,11-13,15H,7-10H2,1H3;/q-1;+1. The normalized spacial score (nSPS) is 21.2. The van der Waals surface area contributed by atoms with Crippen molar-refractivity contribution in [1.29, 1.82) is 0 Å². The molecule has 110 valence electrons. The number of hydrogen-bond acceptors (Lipinski definition) is 0. The first kappa shape index (κ1) is 18.8. The molecule has 0 nitrogen and oxygen atoms in total. The molecule has 2 aromatic carbocycles. The Morgan fingerprint density at radius 2 is 1.68 bits per heavy atom. The van der Waals surface area contributed by atoms with Crippen molar-refractivity contribution in [3.63, 3.8) is 0 Å². The van der Waals surface area contributed by atoms with Crippen molar-refractivity contribution < 1.29 is 62.6 Å². The van der Waals surface area contributed by atoms with Gasteiger partial charge in [-0.05, 0) is 35.8 Å². The number of rotatable bonds is 2. The van der Waals surface area contributed by atoms with E-state index >= 15 is 0 Å². The fourth-order valence-electron chi connectivity index (χ4n) is 3.24. The van der Waals surface area contributed by atoms with Gasteiger partial charge in [0.05, 0.1) is 5.02 Å². The van der Waals surface area contributed by atoms with Crippen molar-refractivity contribution in [1.82, 2.24) is 0 Å². The van der Waals surface area contributed by atoms with Crippen LogP contribution in [-0.4, -0.2) is 0 Å². The molecule has 0 bridgehead atoms. The third-order valence-electron chi connectivity index (χ3n) is 4.60. The van der Waals surface area contributed by atoms with Crippen LogP contribution in [0.4, 0.5) is 4.39 Å². The van der Waals surface area contributed by atoms with Crippen LogP contribution in [0.2, 0.25) is 5.02 Å². The summed E-state index contributed by atoms with van der Waals surface area (Å²) < 4.78 is 14.7. The molecule has 0 heterocycles. The van der Waals surface area contributed by atoms with E-state index in [1.165, 1.54) is 12.8 Å². The third-order valence-corrected chi connectivity index (χ3v) is 4.97. The molecule has 0 radical (unpaired) electrons. The van der Waals surface area contributed by atoms with Gasteiger partial charge >= 0.3 is 58.2 Å². The average molecular weight is 387 g/mol. The summed E-state index contributed by atoms with van der Waals surface area (Å²) in [5.74, 6) is 0.845. The first-order valence-electron chi connectivity index (χ1n) is 7.61. The van der Waals surface area contributed by atoms with Crippen LogP contribution in [0, 0.1) is 17.8 Å². The third kappa shape index (κ3) is 4.10. The molecule has 1 aliphatic rings. The van der Waals surface area contributed by atoms with Crippen LogP contribution < -0.4 is 58.2 Å². The van der Waals surface area contributed by atoms with E-state index in [1.807, 2.05) is 36.4 Å². The topological polar surface area (TPSA) is 0 Å². The predicted molar refractivity (Wildman–Crippen MR) is 86.1 cm³/mol. The molecule has 2 aromatic rings. The van der Waals surface area contributed by atoms with Crippen molar-refractivity contribution in [3.05, 3.63) is 58.9 Å². The van der Waals surface area contributed by atoms with E-state index in [9.17, 15) is 4.39 Å². The molecule has 0 saturated heterocycles. The zero-order valence-corrected chi connectivity index (χ0v) is 18.9. The van der Waals surface area contributed by atoms with Gasteiger partial charge in [0.1, 0.15) is 5.82 Å². The SMILES string of the molecule is CC1CCC(c2ccc(-c3cc[c-]cc3)c(Cl)c2F)CC1.[Rb+]. The molecule has 0 spiro atoms. The molecule has 0 aliphatic heterocycles. The van der Waals surface area contributed by atoms with E-state index in [0.29, 0.717) is 5.92 Å². The molecule has 3 heteroatoms. The summed E-state index contributed by atoms with van der Waals surface area (Å²) >= 11 is 6.30. The molecule has 1 fully saturated rings. The van der Waals surface area contributed by atoms with E-state index in [1.54, 1.807) is 0 Å². The zero-order chi connectivity index (χ0) is 14.8. The first-order valence-corrected chi connectivity index (χ1v) is 7.99. The molecule has 0 aromatic heterocycles. The molecular weight excluding hydrogens is 368 g/mol. The Morgan fingerprint density at radius 1 is 1.05 bits per heavy atom. The minimum absolute atomic E-state index is 0. The summed E-state index contributed by atoms with van der Waals surface area (Å²) in [5, 5.41) is 0.248. The molecular formula is C19H19ClFRb. The van der Waals surface area contributed by atoms with Gasteiger partial charge < -0.3 is 0 Å². The second-order valence-corrected chi connectivity index (χ2v) is 6.45. The summed E-state index contributed by atoms with van der Waals surface area (Å²) in [6, 6.07) is 14.3. The monoisotopic (exact) mass is 386 g/mol. The van der Waals surface area contributed by atoms with Crippen LogP contribution in [-0.2, 0) is 0 Å². The molecule has 0 unspecified atom stereocenters. The number of hydrogen-bond donors (Lipinski definition) is 0. The summed E-state index contributed by atoms with van der Waals surface area (Å²) in [6.07, 6.45) is 4.48. The molecule has 1 aliphatic carbocycles. The first-order chi connectivity index (χ1) is 10.2. The smallest absolute Gasteiger partial charge is 0.205 e. The molecule has 0 N–H and O–H groups in total. The van der Waals surface area contributed by atoms with Crippen molar-refractivity contribution in [2.75, 3.05) is 0 Å². The van der Waals surface area contributed by atoms with Crippen LogP contribution in [0.5, 0.6) is 0 Å². The minimum atomic E-state index is -0.235. The molecule has 22 heavy (non-hydrogen) atoms. The number of halogens is 2. The fraction of sp³-hybridized carbons (Fsp3) is 0.368. The van der Waals surface area contributed by atoms with Gasteiger partial charge in [-0.15, -0.1) is 5.56 Å². The van der Waals surface area contributed by atoms with Crippen LogP contribution in [0.25, 0.3) is 11.1 Å².